The summed E-state index contributed by atoms with van der Waals surface area (Å²) in [4.78, 5) is 15.3. The van der Waals surface area contributed by atoms with E-state index in [1.54, 1.807) is 6.92 Å². The zero-order chi connectivity index (χ0) is 14.4. The molecular formula is C12H16F2N2O3. The van der Waals surface area contributed by atoms with Gasteiger partial charge in [-0.05, 0) is 13.0 Å². The third-order valence-corrected chi connectivity index (χ3v) is 2.44. The number of esters is 1. The summed E-state index contributed by atoms with van der Waals surface area (Å²) in [6, 6.07) is 1.19. The van der Waals surface area contributed by atoms with Crippen molar-refractivity contribution in [3.63, 3.8) is 0 Å². The minimum Gasteiger partial charge on any atom is -0.481 e. The topological polar surface area (TPSA) is 74.4 Å². The van der Waals surface area contributed by atoms with Gasteiger partial charge in [-0.3, -0.25) is 4.79 Å². The van der Waals surface area contributed by atoms with Gasteiger partial charge in [-0.15, -0.1) is 0 Å². The highest BCUT2D eigenvalue weighted by Crippen LogP contribution is 2.27. The number of nitrogens with two attached hydrogens (primary N) is 1. The number of rotatable bonds is 6. The number of carbonyl (C=O) groups is 1. The highest BCUT2D eigenvalue weighted by molar-refractivity contribution is 5.73. The lowest BCUT2D eigenvalue weighted by Crippen LogP contribution is -2.12. The SMILES string of the molecule is CCOC(=O)Cc1cc(C(F)F)c(CN)nc1OC. The number of hydrogen-bond donors (Lipinski definition) is 1. The standard InChI is InChI=1S/C12H16F2N2O3/c1-3-19-10(17)5-7-4-8(11(13)14)9(6-15)16-12(7)18-2/h4,11H,3,5-6,15H2,1-2H3. The Morgan fingerprint density at radius 2 is 2.21 bits per heavy atom. The third kappa shape index (κ3) is 3.85. The Morgan fingerprint density at radius 1 is 1.53 bits per heavy atom. The van der Waals surface area contributed by atoms with Gasteiger partial charge in [0.25, 0.3) is 6.43 Å². The number of alkyl halides is 2. The molecule has 1 heterocycles. The molecule has 19 heavy (non-hydrogen) atoms. The molecule has 0 fully saturated rings. The summed E-state index contributed by atoms with van der Waals surface area (Å²) in [6.45, 7) is 1.75. The van der Waals surface area contributed by atoms with E-state index in [9.17, 15) is 13.6 Å². The van der Waals surface area contributed by atoms with E-state index in [4.69, 9.17) is 15.2 Å². The molecule has 7 heteroatoms. The van der Waals surface area contributed by atoms with Gasteiger partial charge >= 0.3 is 5.97 Å². The fourth-order valence-corrected chi connectivity index (χ4v) is 1.62. The fraction of sp³-hybridized carbons (Fsp3) is 0.500. The lowest BCUT2D eigenvalue weighted by molar-refractivity contribution is -0.142. The molecule has 106 valence electrons. The van der Waals surface area contributed by atoms with Crippen LogP contribution in [0.4, 0.5) is 8.78 Å². The minimum atomic E-state index is -2.71. The Bertz CT molecular complexity index is 453. The van der Waals surface area contributed by atoms with Crippen molar-refractivity contribution in [3.05, 3.63) is 22.9 Å². The molecular weight excluding hydrogens is 258 g/mol. The second-order valence-electron chi connectivity index (χ2n) is 3.68. The van der Waals surface area contributed by atoms with Crippen LogP contribution in [0.3, 0.4) is 0 Å². The van der Waals surface area contributed by atoms with Crippen molar-refractivity contribution in [1.29, 1.82) is 0 Å². The van der Waals surface area contributed by atoms with Crippen LogP contribution in [-0.4, -0.2) is 24.7 Å². The lowest BCUT2D eigenvalue weighted by Gasteiger charge is -2.13. The Hall–Kier alpha value is -1.76. The summed E-state index contributed by atoms with van der Waals surface area (Å²) < 4.78 is 35.5. The Kier molecular flexibility index (Phi) is 5.62. The van der Waals surface area contributed by atoms with Crippen molar-refractivity contribution >= 4 is 5.97 Å². The molecule has 0 atom stereocenters. The smallest absolute Gasteiger partial charge is 0.310 e. The van der Waals surface area contributed by atoms with Gasteiger partial charge in [-0.25, -0.2) is 13.8 Å². The van der Waals surface area contributed by atoms with Gasteiger partial charge in [-0.1, -0.05) is 0 Å². The minimum absolute atomic E-state index is 0.0551. The van der Waals surface area contributed by atoms with Crippen LogP contribution in [0, 0.1) is 0 Å². The molecule has 2 N–H and O–H groups in total. The summed E-state index contributed by atoms with van der Waals surface area (Å²) in [6.07, 6.45) is -2.88. The lowest BCUT2D eigenvalue weighted by atomic mass is 10.1. The Labute approximate surface area is 109 Å². The van der Waals surface area contributed by atoms with Crippen LogP contribution >= 0.6 is 0 Å². The van der Waals surface area contributed by atoms with Crippen LogP contribution in [0.5, 0.6) is 5.88 Å². The predicted octanol–water partition coefficient (Wildman–Crippen LogP) is 1.59. The van der Waals surface area contributed by atoms with E-state index in [0.717, 1.165) is 0 Å². The summed E-state index contributed by atoms with van der Waals surface area (Å²) in [5, 5.41) is 0. The number of nitrogens with zero attached hydrogens (tertiary/aromatic N) is 1. The van der Waals surface area contributed by atoms with E-state index in [1.807, 2.05) is 0 Å². The maximum atomic E-state index is 12.9. The van der Waals surface area contributed by atoms with Crippen molar-refractivity contribution in [2.75, 3.05) is 13.7 Å². The number of pyridine rings is 1. The van der Waals surface area contributed by atoms with Crippen molar-refractivity contribution in [1.82, 2.24) is 4.98 Å². The highest BCUT2D eigenvalue weighted by Gasteiger charge is 2.19. The molecule has 0 unspecified atom stereocenters. The Morgan fingerprint density at radius 3 is 2.68 bits per heavy atom. The zero-order valence-corrected chi connectivity index (χ0v) is 10.8. The van der Waals surface area contributed by atoms with Crippen LogP contribution in [0.15, 0.2) is 6.07 Å². The summed E-state index contributed by atoms with van der Waals surface area (Å²) in [5.41, 5.74) is 5.39. The normalized spacial score (nSPS) is 10.6. The van der Waals surface area contributed by atoms with Crippen molar-refractivity contribution in [2.45, 2.75) is 26.3 Å². The van der Waals surface area contributed by atoms with E-state index >= 15 is 0 Å². The third-order valence-electron chi connectivity index (χ3n) is 2.44. The Balaban J connectivity index is 3.14. The van der Waals surface area contributed by atoms with E-state index in [2.05, 4.69) is 4.98 Å². The molecule has 0 amide bonds. The second kappa shape index (κ2) is 6.98. The van der Waals surface area contributed by atoms with Gasteiger partial charge in [0.05, 0.1) is 25.8 Å². The molecule has 0 aromatic carbocycles. The van der Waals surface area contributed by atoms with Gasteiger partial charge in [0.1, 0.15) is 0 Å². The maximum Gasteiger partial charge on any atom is 0.310 e. The molecule has 5 nitrogen and oxygen atoms in total. The van der Waals surface area contributed by atoms with Crippen molar-refractivity contribution in [3.8, 4) is 5.88 Å². The first kappa shape index (κ1) is 15.3. The van der Waals surface area contributed by atoms with E-state index in [-0.39, 0.29) is 42.3 Å². The van der Waals surface area contributed by atoms with Crippen LogP contribution in [-0.2, 0) is 22.5 Å². The van der Waals surface area contributed by atoms with Crippen LogP contribution in [0.1, 0.15) is 30.2 Å². The second-order valence-corrected chi connectivity index (χ2v) is 3.68. The zero-order valence-electron chi connectivity index (χ0n) is 10.8. The van der Waals surface area contributed by atoms with Gasteiger partial charge < -0.3 is 15.2 Å². The number of hydrogen-bond acceptors (Lipinski definition) is 5. The molecule has 0 saturated heterocycles. The maximum absolute atomic E-state index is 12.9. The average molecular weight is 274 g/mol. The number of carbonyl (C=O) groups excluding carboxylic acids is 1. The highest BCUT2D eigenvalue weighted by atomic mass is 19.3. The predicted molar refractivity (Wildman–Crippen MR) is 64.0 cm³/mol. The molecule has 1 aromatic rings. The number of ether oxygens (including phenoxy) is 2. The first-order valence-electron chi connectivity index (χ1n) is 5.73. The molecule has 0 aliphatic heterocycles. The fourth-order valence-electron chi connectivity index (χ4n) is 1.62. The largest absolute Gasteiger partial charge is 0.481 e. The molecule has 1 rings (SSSR count). The quantitative estimate of drug-likeness (QED) is 0.797. The van der Waals surface area contributed by atoms with E-state index in [1.165, 1.54) is 13.2 Å². The van der Waals surface area contributed by atoms with E-state index < -0.39 is 12.4 Å². The van der Waals surface area contributed by atoms with Gasteiger partial charge in [-0.2, -0.15) is 0 Å². The van der Waals surface area contributed by atoms with Crippen molar-refractivity contribution < 1.29 is 23.0 Å². The van der Waals surface area contributed by atoms with Gasteiger partial charge in [0.15, 0.2) is 0 Å². The summed E-state index contributed by atoms with van der Waals surface area (Å²) >= 11 is 0. The number of halogens is 2. The van der Waals surface area contributed by atoms with Crippen molar-refractivity contribution in [2.24, 2.45) is 5.73 Å². The number of methoxy groups -OCH3 is 1. The molecule has 1 aromatic heterocycles. The van der Waals surface area contributed by atoms with E-state index in [0.29, 0.717) is 0 Å². The van der Waals surface area contributed by atoms with Crippen LogP contribution < -0.4 is 10.5 Å². The van der Waals surface area contributed by atoms with Crippen LogP contribution in [0.25, 0.3) is 0 Å². The summed E-state index contributed by atoms with van der Waals surface area (Å²) in [5.74, 6) is -0.416. The first-order chi connectivity index (χ1) is 9.03. The molecule has 0 spiro atoms. The average Bonchev–Trinajstić information content (AvgIpc) is 2.38. The number of aromatic nitrogens is 1. The molecule has 0 aliphatic carbocycles. The monoisotopic (exact) mass is 274 g/mol. The summed E-state index contributed by atoms with van der Waals surface area (Å²) in [7, 11) is 1.35. The van der Waals surface area contributed by atoms with Gasteiger partial charge in [0, 0.05) is 17.7 Å². The molecule has 0 aliphatic rings. The van der Waals surface area contributed by atoms with Gasteiger partial charge in [0.2, 0.25) is 5.88 Å². The van der Waals surface area contributed by atoms with Crippen LogP contribution in [0.2, 0.25) is 0 Å². The first-order valence-corrected chi connectivity index (χ1v) is 5.73. The molecule has 0 saturated carbocycles. The molecule has 0 bridgehead atoms. The molecule has 0 radical (unpaired) electrons.